The normalized spacial score (nSPS) is 41.1. The van der Waals surface area contributed by atoms with Gasteiger partial charge in [0.25, 0.3) is 0 Å². The highest BCUT2D eigenvalue weighted by Gasteiger charge is 2.45. The first-order chi connectivity index (χ1) is 5.98. The van der Waals surface area contributed by atoms with Crippen LogP contribution in [0.2, 0.25) is 19.6 Å². The van der Waals surface area contributed by atoms with Crippen LogP contribution in [0.4, 0.5) is 0 Å². The van der Waals surface area contributed by atoms with Gasteiger partial charge in [-0.1, -0.05) is 26.1 Å². The standard InChI is InChI=1S/C11H22OSi/c1-13(2,3)11(12)10-7-8-4-5-9(10)6-8/h8-12H,4-7H2,1-3H3/t8-,9+,10?,11?/m1/s1. The third-order valence-corrected chi connectivity index (χ3v) is 6.29. The minimum atomic E-state index is -1.31. The van der Waals surface area contributed by atoms with E-state index in [1.807, 2.05) is 0 Å². The molecule has 0 amide bonds. The van der Waals surface area contributed by atoms with Crippen LogP contribution in [0.3, 0.4) is 0 Å². The quantitative estimate of drug-likeness (QED) is 0.676. The molecule has 0 heterocycles. The maximum absolute atomic E-state index is 10.3. The average Bonchev–Trinajstić information content (AvgIpc) is 2.60. The van der Waals surface area contributed by atoms with Gasteiger partial charge in [-0.2, -0.15) is 0 Å². The topological polar surface area (TPSA) is 20.2 Å². The average molecular weight is 198 g/mol. The lowest BCUT2D eigenvalue weighted by atomic mass is 9.89. The van der Waals surface area contributed by atoms with Gasteiger partial charge in [-0.15, -0.1) is 0 Å². The van der Waals surface area contributed by atoms with Crippen LogP contribution in [0.1, 0.15) is 25.7 Å². The molecular formula is C11H22OSi. The molecule has 0 radical (unpaired) electrons. The highest BCUT2D eigenvalue weighted by molar-refractivity contribution is 6.77. The summed E-state index contributed by atoms with van der Waals surface area (Å²) in [5.41, 5.74) is 0.0581. The molecule has 2 heteroatoms. The largest absolute Gasteiger partial charge is 0.396 e. The van der Waals surface area contributed by atoms with Crippen molar-refractivity contribution in [1.29, 1.82) is 0 Å². The van der Waals surface area contributed by atoms with Crippen LogP contribution in [0.25, 0.3) is 0 Å². The van der Waals surface area contributed by atoms with E-state index in [0.717, 1.165) is 11.8 Å². The molecule has 2 rings (SSSR count). The minimum Gasteiger partial charge on any atom is -0.396 e. The highest BCUT2D eigenvalue weighted by Crippen LogP contribution is 2.50. The van der Waals surface area contributed by atoms with Crippen LogP contribution >= 0.6 is 0 Å². The smallest absolute Gasteiger partial charge is 0.0785 e. The number of rotatable bonds is 2. The Bertz CT molecular complexity index is 197. The van der Waals surface area contributed by atoms with Gasteiger partial charge < -0.3 is 5.11 Å². The van der Waals surface area contributed by atoms with Gasteiger partial charge in [0.1, 0.15) is 0 Å². The summed E-state index contributed by atoms with van der Waals surface area (Å²) < 4.78 is 0. The van der Waals surface area contributed by atoms with E-state index >= 15 is 0 Å². The first-order valence-corrected chi connectivity index (χ1v) is 9.24. The van der Waals surface area contributed by atoms with Crippen LogP contribution in [0.15, 0.2) is 0 Å². The summed E-state index contributed by atoms with van der Waals surface area (Å²) in [7, 11) is -1.31. The van der Waals surface area contributed by atoms with Gasteiger partial charge in [0.15, 0.2) is 0 Å². The lowest BCUT2D eigenvalue weighted by Gasteiger charge is -2.34. The molecule has 76 valence electrons. The fourth-order valence-electron chi connectivity index (χ4n) is 3.32. The number of hydrogen-bond donors (Lipinski definition) is 1. The zero-order valence-corrected chi connectivity index (χ0v) is 10.1. The number of fused-ring (bicyclic) bond motifs is 2. The number of hydrogen-bond acceptors (Lipinski definition) is 1. The zero-order chi connectivity index (χ0) is 9.64. The van der Waals surface area contributed by atoms with E-state index in [2.05, 4.69) is 19.6 Å². The minimum absolute atomic E-state index is 0.0581. The molecule has 0 spiro atoms. The van der Waals surface area contributed by atoms with E-state index in [0.29, 0.717) is 5.92 Å². The van der Waals surface area contributed by atoms with E-state index < -0.39 is 8.07 Å². The first kappa shape index (κ1) is 9.72. The van der Waals surface area contributed by atoms with Crippen molar-refractivity contribution in [2.24, 2.45) is 17.8 Å². The van der Waals surface area contributed by atoms with Gasteiger partial charge in [-0.3, -0.25) is 0 Å². The van der Waals surface area contributed by atoms with Crippen molar-refractivity contribution >= 4 is 8.07 Å². The van der Waals surface area contributed by atoms with Gasteiger partial charge >= 0.3 is 0 Å². The molecule has 13 heavy (non-hydrogen) atoms. The van der Waals surface area contributed by atoms with E-state index in [-0.39, 0.29) is 5.73 Å². The van der Waals surface area contributed by atoms with Crippen LogP contribution in [0.5, 0.6) is 0 Å². The molecular weight excluding hydrogens is 176 g/mol. The highest BCUT2D eigenvalue weighted by atomic mass is 28.3. The summed E-state index contributed by atoms with van der Waals surface area (Å²) in [5, 5.41) is 10.3. The predicted octanol–water partition coefficient (Wildman–Crippen LogP) is 2.66. The Morgan fingerprint density at radius 3 is 2.23 bits per heavy atom. The maximum Gasteiger partial charge on any atom is 0.0785 e. The van der Waals surface area contributed by atoms with Crippen molar-refractivity contribution in [3.8, 4) is 0 Å². The Labute approximate surface area is 82.6 Å². The van der Waals surface area contributed by atoms with Gasteiger partial charge in [0, 0.05) is 5.73 Å². The summed E-state index contributed by atoms with van der Waals surface area (Å²) in [6, 6.07) is 0. The molecule has 0 aromatic rings. The van der Waals surface area contributed by atoms with Crippen LogP contribution in [-0.2, 0) is 0 Å². The molecule has 0 aliphatic heterocycles. The van der Waals surface area contributed by atoms with E-state index in [9.17, 15) is 5.11 Å². The van der Waals surface area contributed by atoms with Crippen molar-refractivity contribution in [2.45, 2.75) is 51.1 Å². The second-order valence-corrected chi connectivity index (χ2v) is 11.5. The Hall–Kier alpha value is 0.177. The van der Waals surface area contributed by atoms with Crippen molar-refractivity contribution in [3.05, 3.63) is 0 Å². The summed E-state index contributed by atoms with van der Waals surface area (Å²) in [6.45, 7) is 6.89. The molecule has 1 N–H and O–H groups in total. The van der Waals surface area contributed by atoms with E-state index in [4.69, 9.17) is 0 Å². The van der Waals surface area contributed by atoms with Crippen molar-refractivity contribution < 1.29 is 5.11 Å². The van der Waals surface area contributed by atoms with E-state index in [1.54, 1.807) is 0 Å². The number of aliphatic hydroxyl groups excluding tert-OH is 1. The zero-order valence-electron chi connectivity index (χ0n) is 9.09. The Kier molecular flexibility index (Phi) is 2.31. The number of aliphatic hydroxyl groups is 1. The molecule has 2 aliphatic rings. The fourth-order valence-corrected chi connectivity index (χ4v) is 5.02. The Morgan fingerprint density at radius 1 is 1.15 bits per heavy atom. The van der Waals surface area contributed by atoms with Gasteiger partial charge in [-0.25, -0.2) is 0 Å². The van der Waals surface area contributed by atoms with Gasteiger partial charge in [0.2, 0.25) is 0 Å². The lowest BCUT2D eigenvalue weighted by molar-refractivity contribution is 0.131. The van der Waals surface area contributed by atoms with Crippen molar-refractivity contribution in [3.63, 3.8) is 0 Å². The van der Waals surface area contributed by atoms with Gasteiger partial charge in [-0.05, 0) is 37.0 Å². The second-order valence-electron chi connectivity index (χ2n) is 6.15. The lowest BCUT2D eigenvalue weighted by Crippen LogP contribution is -2.45. The molecule has 2 unspecified atom stereocenters. The molecule has 0 saturated heterocycles. The van der Waals surface area contributed by atoms with Crippen LogP contribution < -0.4 is 0 Å². The molecule has 4 atom stereocenters. The first-order valence-electron chi connectivity index (χ1n) is 5.66. The SMILES string of the molecule is C[Si](C)(C)C(O)C1C[C@@H]2CC[C@H]1C2. The molecule has 2 bridgehead atoms. The third kappa shape index (κ3) is 1.71. The molecule has 2 aliphatic carbocycles. The summed E-state index contributed by atoms with van der Waals surface area (Å²) in [6.07, 6.45) is 5.60. The maximum atomic E-state index is 10.3. The third-order valence-electron chi connectivity index (χ3n) is 4.09. The Morgan fingerprint density at radius 2 is 1.85 bits per heavy atom. The summed E-state index contributed by atoms with van der Waals surface area (Å²) in [4.78, 5) is 0. The van der Waals surface area contributed by atoms with Crippen LogP contribution in [0, 0.1) is 17.8 Å². The van der Waals surface area contributed by atoms with Crippen LogP contribution in [-0.4, -0.2) is 18.9 Å². The molecule has 0 aromatic carbocycles. The van der Waals surface area contributed by atoms with Crippen molar-refractivity contribution in [2.75, 3.05) is 0 Å². The monoisotopic (exact) mass is 198 g/mol. The fraction of sp³-hybridized carbons (Fsp3) is 1.00. The second kappa shape index (κ2) is 3.09. The summed E-state index contributed by atoms with van der Waals surface area (Å²) >= 11 is 0. The molecule has 2 fully saturated rings. The molecule has 2 saturated carbocycles. The summed E-state index contributed by atoms with van der Waals surface area (Å²) in [5.74, 6) is 2.53. The van der Waals surface area contributed by atoms with Crippen molar-refractivity contribution in [1.82, 2.24) is 0 Å². The van der Waals surface area contributed by atoms with E-state index in [1.165, 1.54) is 25.7 Å². The molecule has 1 nitrogen and oxygen atoms in total. The van der Waals surface area contributed by atoms with Gasteiger partial charge in [0.05, 0.1) is 8.07 Å². The molecule has 0 aromatic heterocycles. The predicted molar refractivity (Wildman–Crippen MR) is 58.3 cm³/mol. The Balaban J connectivity index is 2.02.